The zero-order chi connectivity index (χ0) is 19.4. The molecule has 27 heavy (non-hydrogen) atoms. The minimum absolute atomic E-state index is 0.268. The summed E-state index contributed by atoms with van der Waals surface area (Å²) in [7, 11) is 0. The molecule has 1 aliphatic heterocycles. The first-order valence-corrected chi connectivity index (χ1v) is 9.14. The number of nitrogens with zero attached hydrogens (tertiary/aromatic N) is 3. The number of aromatic nitrogens is 2. The van der Waals surface area contributed by atoms with Crippen molar-refractivity contribution >= 4 is 11.8 Å². The Balaban J connectivity index is 1.71. The molecule has 1 aromatic carbocycles. The van der Waals surface area contributed by atoms with Crippen molar-refractivity contribution in [2.75, 3.05) is 24.1 Å². The molecule has 0 spiro atoms. The van der Waals surface area contributed by atoms with Crippen LogP contribution in [0.25, 0.3) is 0 Å². The van der Waals surface area contributed by atoms with Crippen molar-refractivity contribution in [2.45, 2.75) is 45.5 Å². The Bertz CT molecular complexity index is 774. The summed E-state index contributed by atoms with van der Waals surface area (Å²) in [5, 5.41) is 3.34. The molecule has 5 nitrogen and oxygen atoms in total. The third kappa shape index (κ3) is 4.88. The zero-order valence-corrected chi connectivity index (χ0v) is 15.3. The van der Waals surface area contributed by atoms with Gasteiger partial charge in [-0.2, -0.15) is 18.2 Å². The number of alkyl halides is 3. The van der Waals surface area contributed by atoms with Crippen molar-refractivity contribution in [1.82, 2.24) is 14.9 Å². The molecule has 0 unspecified atom stereocenters. The Morgan fingerprint density at radius 2 is 1.93 bits per heavy atom. The Kier molecular flexibility index (Phi) is 5.84. The zero-order valence-electron chi connectivity index (χ0n) is 15.3. The lowest BCUT2D eigenvalue weighted by Crippen LogP contribution is -2.32. The van der Waals surface area contributed by atoms with Gasteiger partial charge in [-0.1, -0.05) is 25.5 Å². The fraction of sp³-hybridized carbons (Fsp3) is 0.474. The van der Waals surface area contributed by atoms with E-state index in [1.165, 1.54) is 12.1 Å². The molecular formula is C19H24F3N5. The normalized spacial score (nSPS) is 14.8. The number of nitrogen functional groups attached to an aromatic ring is 1. The molecule has 146 valence electrons. The van der Waals surface area contributed by atoms with E-state index in [4.69, 9.17) is 5.73 Å². The molecule has 0 radical (unpaired) electrons. The van der Waals surface area contributed by atoms with Crippen molar-refractivity contribution in [3.05, 3.63) is 46.6 Å². The first kappa shape index (κ1) is 19.4. The second-order valence-electron chi connectivity index (χ2n) is 6.79. The Labute approximate surface area is 156 Å². The molecule has 8 heteroatoms. The number of hydrogen-bond acceptors (Lipinski definition) is 5. The van der Waals surface area contributed by atoms with Gasteiger partial charge >= 0.3 is 6.18 Å². The molecular weight excluding hydrogens is 355 g/mol. The van der Waals surface area contributed by atoms with Crippen LogP contribution in [0.5, 0.6) is 0 Å². The Hall–Kier alpha value is -2.35. The minimum atomic E-state index is -4.31. The third-order valence-electron chi connectivity index (χ3n) is 4.67. The van der Waals surface area contributed by atoms with Gasteiger partial charge in [0.2, 0.25) is 5.95 Å². The molecule has 2 aromatic rings. The fourth-order valence-corrected chi connectivity index (χ4v) is 3.21. The summed E-state index contributed by atoms with van der Waals surface area (Å²) in [6, 6.07) is 5.35. The minimum Gasteiger partial charge on any atom is -0.370 e. The molecule has 3 N–H and O–H groups in total. The van der Waals surface area contributed by atoms with Crippen LogP contribution in [-0.2, 0) is 25.7 Å². The van der Waals surface area contributed by atoms with E-state index in [1.54, 1.807) is 0 Å². The Morgan fingerprint density at radius 3 is 2.59 bits per heavy atom. The number of benzene rings is 1. The molecule has 0 atom stereocenters. The maximum Gasteiger partial charge on any atom is 0.416 e. The van der Waals surface area contributed by atoms with Crippen molar-refractivity contribution in [3.63, 3.8) is 0 Å². The highest BCUT2D eigenvalue weighted by atomic mass is 19.4. The summed E-state index contributed by atoms with van der Waals surface area (Å²) in [4.78, 5) is 10.9. The van der Waals surface area contributed by atoms with Crippen molar-refractivity contribution in [1.29, 1.82) is 0 Å². The summed E-state index contributed by atoms with van der Waals surface area (Å²) >= 11 is 0. The van der Waals surface area contributed by atoms with Crippen molar-refractivity contribution in [3.8, 4) is 0 Å². The SMILES string of the molecule is CCCCNc1nc(N)nc2c1CN(Cc1ccc(C(F)(F)F)cc1)CC2. The highest BCUT2D eigenvalue weighted by Gasteiger charge is 2.30. The highest BCUT2D eigenvalue weighted by Crippen LogP contribution is 2.30. The van der Waals surface area contributed by atoms with Crippen LogP contribution >= 0.6 is 0 Å². The van der Waals surface area contributed by atoms with Gasteiger partial charge < -0.3 is 11.1 Å². The van der Waals surface area contributed by atoms with Gasteiger partial charge in [0.1, 0.15) is 5.82 Å². The number of unbranched alkanes of at least 4 members (excludes halogenated alkanes) is 1. The van der Waals surface area contributed by atoms with Gasteiger partial charge in [0, 0.05) is 38.2 Å². The van der Waals surface area contributed by atoms with Crippen LogP contribution in [0.2, 0.25) is 0 Å². The highest BCUT2D eigenvalue weighted by molar-refractivity contribution is 5.50. The first-order chi connectivity index (χ1) is 12.9. The molecule has 2 heterocycles. The maximum atomic E-state index is 12.7. The van der Waals surface area contributed by atoms with E-state index in [0.717, 1.165) is 67.1 Å². The average Bonchev–Trinajstić information content (AvgIpc) is 2.62. The summed E-state index contributed by atoms with van der Waals surface area (Å²) in [6.45, 7) is 4.94. The quantitative estimate of drug-likeness (QED) is 0.747. The third-order valence-corrected chi connectivity index (χ3v) is 4.67. The predicted octanol–water partition coefficient (Wildman–Crippen LogP) is 3.85. The van der Waals surface area contributed by atoms with Crippen LogP contribution in [-0.4, -0.2) is 28.0 Å². The maximum absolute atomic E-state index is 12.7. The summed E-state index contributed by atoms with van der Waals surface area (Å²) in [6.07, 6.45) is -1.45. The number of rotatable bonds is 6. The number of hydrogen-bond donors (Lipinski definition) is 2. The molecule has 1 aliphatic rings. The van der Waals surface area contributed by atoms with Gasteiger partial charge in [-0.05, 0) is 24.1 Å². The van der Waals surface area contributed by atoms with Crippen LogP contribution < -0.4 is 11.1 Å². The molecule has 0 saturated heterocycles. The summed E-state index contributed by atoms with van der Waals surface area (Å²) in [5.41, 5.74) is 8.03. The van der Waals surface area contributed by atoms with E-state index in [0.29, 0.717) is 13.1 Å². The molecule has 3 rings (SSSR count). The monoisotopic (exact) mass is 379 g/mol. The number of nitrogens with one attached hydrogen (secondary N) is 1. The van der Waals surface area contributed by atoms with Crippen LogP contribution in [0.15, 0.2) is 24.3 Å². The van der Waals surface area contributed by atoms with Gasteiger partial charge in [0.05, 0.1) is 11.3 Å². The topological polar surface area (TPSA) is 67.1 Å². The first-order valence-electron chi connectivity index (χ1n) is 9.14. The van der Waals surface area contributed by atoms with Gasteiger partial charge in [0.15, 0.2) is 0 Å². The van der Waals surface area contributed by atoms with Crippen molar-refractivity contribution < 1.29 is 13.2 Å². The molecule has 0 bridgehead atoms. The van der Waals surface area contributed by atoms with E-state index in [2.05, 4.69) is 27.1 Å². The molecule has 0 aliphatic carbocycles. The number of anilines is 2. The predicted molar refractivity (Wildman–Crippen MR) is 99.1 cm³/mol. The van der Waals surface area contributed by atoms with E-state index < -0.39 is 11.7 Å². The number of nitrogens with two attached hydrogens (primary N) is 1. The largest absolute Gasteiger partial charge is 0.416 e. The van der Waals surface area contributed by atoms with E-state index in [1.807, 2.05) is 0 Å². The average molecular weight is 379 g/mol. The lowest BCUT2D eigenvalue weighted by molar-refractivity contribution is -0.137. The molecule has 0 saturated carbocycles. The number of fused-ring (bicyclic) bond motifs is 1. The summed E-state index contributed by atoms with van der Waals surface area (Å²) < 4.78 is 38.1. The lowest BCUT2D eigenvalue weighted by Gasteiger charge is -2.29. The second-order valence-corrected chi connectivity index (χ2v) is 6.79. The second kappa shape index (κ2) is 8.12. The molecule has 1 aromatic heterocycles. The van der Waals surface area contributed by atoms with Crippen LogP contribution in [0.4, 0.5) is 24.9 Å². The fourth-order valence-electron chi connectivity index (χ4n) is 3.21. The van der Waals surface area contributed by atoms with E-state index in [9.17, 15) is 13.2 Å². The van der Waals surface area contributed by atoms with Crippen LogP contribution in [0, 0.1) is 0 Å². The van der Waals surface area contributed by atoms with E-state index >= 15 is 0 Å². The number of halogens is 3. The Morgan fingerprint density at radius 1 is 1.19 bits per heavy atom. The lowest BCUT2D eigenvalue weighted by atomic mass is 10.0. The van der Waals surface area contributed by atoms with Crippen molar-refractivity contribution in [2.24, 2.45) is 0 Å². The van der Waals surface area contributed by atoms with Gasteiger partial charge in [0.25, 0.3) is 0 Å². The molecule has 0 amide bonds. The smallest absolute Gasteiger partial charge is 0.370 e. The van der Waals surface area contributed by atoms with Gasteiger partial charge in [-0.25, -0.2) is 4.98 Å². The molecule has 0 fully saturated rings. The van der Waals surface area contributed by atoms with Gasteiger partial charge in [-0.15, -0.1) is 0 Å². The standard InChI is InChI=1S/C19H24F3N5/c1-2-3-9-24-17-15-12-27(10-8-16(15)25-18(23)26-17)11-13-4-6-14(7-5-13)19(20,21)22/h4-7H,2-3,8-12H2,1H3,(H3,23,24,25,26). The summed E-state index contributed by atoms with van der Waals surface area (Å²) in [5.74, 6) is 1.03. The van der Waals surface area contributed by atoms with E-state index in [-0.39, 0.29) is 5.95 Å². The van der Waals surface area contributed by atoms with Crippen LogP contribution in [0.3, 0.4) is 0 Å². The van der Waals surface area contributed by atoms with Crippen LogP contribution in [0.1, 0.15) is 42.1 Å². The van der Waals surface area contributed by atoms with Gasteiger partial charge in [-0.3, -0.25) is 4.90 Å².